The number of anilines is 1. The van der Waals surface area contributed by atoms with Gasteiger partial charge in [-0.05, 0) is 69.0 Å². The van der Waals surface area contributed by atoms with Gasteiger partial charge in [-0.25, -0.2) is 0 Å². The van der Waals surface area contributed by atoms with E-state index in [0.717, 1.165) is 47.4 Å². The number of alkyl halides is 3. The van der Waals surface area contributed by atoms with E-state index in [0.29, 0.717) is 50.1 Å². The first-order chi connectivity index (χ1) is 20.0. The fourth-order valence-electron chi connectivity index (χ4n) is 8.10. The van der Waals surface area contributed by atoms with Crippen LogP contribution < -0.4 is 19.4 Å². The maximum atomic E-state index is 13.9. The van der Waals surface area contributed by atoms with Crippen LogP contribution in [0.5, 0.6) is 5.75 Å². The number of carbonyl (C=O) groups excluding carboxylic acids is 2. The highest BCUT2D eigenvalue weighted by Crippen LogP contribution is 2.46. The van der Waals surface area contributed by atoms with Crippen molar-refractivity contribution in [1.29, 1.82) is 0 Å². The molecular weight excluding hydrogens is 545 g/mol. The molecule has 7 nitrogen and oxygen atoms in total. The van der Waals surface area contributed by atoms with Gasteiger partial charge in [-0.15, -0.1) is 13.2 Å². The summed E-state index contributed by atoms with van der Waals surface area (Å²) >= 11 is 0. The first kappa shape index (κ1) is 29.0. The van der Waals surface area contributed by atoms with Crippen LogP contribution >= 0.6 is 0 Å². The minimum absolute atomic E-state index is 0.137. The van der Waals surface area contributed by atoms with Crippen LogP contribution in [0.15, 0.2) is 42.5 Å². The van der Waals surface area contributed by atoms with E-state index in [-0.39, 0.29) is 17.6 Å². The quantitative estimate of drug-likeness (QED) is 0.478. The average Bonchev–Trinajstić information content (AvgIpc) is 3.70. The van der Waals surface area contributed by atoms with E-state index in [2.05, 4.69) is 42.1 Å². The fourth-order valence-corrected chi connectivity index (χ4v) is 8.10. The summed E-state index contributed by atoms with van der Waals surface area (Å²) in [5.41, 5.74) is 3.29. The molecule has 1 N–H and O–H groups in total. The molecule has 10 heteroatoms. The number of ether oxygens (including phenoxy) is 1. The van der Waals surface area contributed by atoms with Gasteiger partial charge in [-0.1, -0.05) is 0 Å². The number of hydrogen-bond acceptors (Lipinski definition) is 4. The highest BCUT2D eigenvalue weighted by Gasteiger charge is 2.51. The van der Waals surface area contributed by atoms with Crippen molar-refractivity contribution in [3.8, 4) is 5.75 Å². The Bertz CT molecular complexity index is 1330. The summed E-state index contributed by atoms with van der Waals surface area (Å²) in [4.78, 5) is 30.6. The normalized spacial score (nSPS) is 27.7. The second kappa shape index (κ2) is 10.9. The Morgan fingerprint density at radius 1 is 1.05 bits per heavy atom. The van der Waals surface area contributed by atoms with Crippen molar-refractivity contribution >= 4 is 23.2 Å². The lowest BCUT2D eigenvalue weighted by molar-refractivity contribution is -0.274. The summed E-state index contributed by atoms with van der Waals surface area (Å²) in [6.45, 7) is 9.33. The summed E-state index contributed by atoms with van der Waals surface area (Å²) in [5.74, 6) is -0.473. The third kappa shape index (κ3) is 5.06. The molecule has 42 heavy (non-hydrogen) atoms. The fraction of sp³-hybridized carbons (Fsp3) is 0.562. The zero-order valence-corrected chi connectivity index (χ0v) is 24.4. The molecule has 226 valence electrons. The number of quaternary nitrogens is 1. The van der Waals surface area contributed by atoms with Crippen LogP contribution in [-0.4, -0.2) is 74.4 Å². The standard InChI is InChI=1S/C32H40F3N4O3/c1-22-20-25(39(19-3-4-23(39)2)26-11-15-36-21-26)7-10-28(22)38-18-14-31(30(38)41)12-16-37(17-13-31)29(40)24-5-8-27(9-6-24)42-32(33,34)35/h5-10,20,23,26,36H,3-4,11-19,21H2,1-2H3/q+1. The van der Waals surface area contributed by atoms with Crippen LogP contribution in [0.4, 0.5) is 24.5 Å². The van der Waals surface area contributed by atoms with Crippen molar-refractivity contribution in [2.75, 3.05) is 44.2 Å². The highest BCUT2D eigenvalue weighted by atomic mass is 19.4. The Balaban J connectivity index is 1.13. The molecule has 3 unspecified atom stereocenters. The van der Waals surface area contributed by atoms with Crippen LogP contribution in [0.3, 0.4) is 0 Å². The number of piperidine rings is 1. The number of nitrogens with one attached hydrogen (secondary N) is 1. The third-order valence-corrected chi connectivity index (χ3v) is 10.4. The topological polar surface area (TPSA) is 61.9 Å². The zero-order chi connectivity index (χ0) is 29.7. The van der Waals surface area contributed by atoms with E-state index >= 15 is 0 Å². The third-order valence-electron chi connectivity index (χ3n) is 10.4. The number of rotatable bonds is 5. The van der Waals surface area contributed by atoms with Crippen molar-refractivity contribution in [1.82, 2.24) is 14.7 Å². The molecule has 0 radical (unpaired) electrons. The molecule has 0 aliphatic carbocycles. The summed E-state index contributed by atoms with van der Waals surface area (Å²) in [5, 5.41) is 3.57. The molecule has 2 aromatic rings. The highest BCUT2D eigenvalue weighted by molar-refractivity contribution is 6.01. The molecule has 0 saturated carbocycles. The van der Waals surface area contributed by atoms with E-state index in [1.807, 2.05) is 4.90 Å². The van der Waals surface area contributed by atoms with E-state index in [4.69, 9.17) is 0 Å². The van der Waals surface area contributed by atoms with Gasteiger partial charge in [0, 0.05) is 75.4 Å². The minimum Gasteiger partial charge on any atom is -0.406 e. The summed E-state index contributed by atoms with van der Waals surface area (Å²) in [6, 6.07) is 12.9. The lowest BCUT2D eigenvalue weighted by atomic mass is 9.77. The van der Waals surface area contributed by atoms with Crippen molar-refractivity contribution in [2.45, 2.75) is 70.8 Å². The number of halogens is 3. The lowest BCUT2D eigenvalue weighted by Crippen LogP contribution is -2.59. The van der Waals surface area contributed by atoms with Gasteiger partial charge in [0.15, 0.2) is 0 Å². The first-order valence-electron chi connectivity index (χ1n) is 15.2. The first-order valence-corrected chi connectivity index (χ1v) is 15.2. The molecule has 6 rings (SSSR count). The number of carbonyl (C=O) groups is 2. The van der Waals surface area contributed by atoms with E-state index < -0.39 is 11.8 Å². The summed E-state index contributed by atoms with van der Waals surface area (Å²) in [7, 11) is 0. The monoisotopic (exact) mass is 585 g/mol. The van der Waals surface area contributed by atoms with Crippen molar-refractivity contribution < 1.29 is 27.5 Å². The molecule has 4 aliphatic rings. The molecule has 4 fully saturated rings. The molecule has 4 heterocycles. The molecule has 0 bridgehead atoms. The number of aryl methyl sites for hydroxylation is 1. The van der Waals surface area contributed by atoms with Gasteiger partial charge in [0.2, 0.25) is 5.91 Å². The van der Waals surface area contributed by atoms with Gasteiger partial charge in [0.1, 0.15) is 17.5 Å². The Kier molecular flexibility index (Phi) is 7.50. The Hall–Kier alpha value is -3.11. The second-order valence-electron chi connectivity index (χ2n) is 12.6. The van der Waals surface area contributed by atoms with Crippen LogP contribution in [0.25, 0.3) is 0 Å². The average molecular weight is 586 g/mol. The molecule has 1 spiro atoms. The van der Waals surface area contributed by atoms with Crippen molar-refractivity contribution in [3.63, 3.8) is 0 Å². The summed E-state index contributed by atoms with van der Waals surface area (Å²) < 4.78 is 42.3. The largest absolute Gasteiger partial charge is 0.573 e. The van der Waals surface area contributed by atoms with Crippen molar-refractivity contribution in [3.05, 3.63) is 53.6 Å². The van der Waals surface area contributed by atoms with E-state index in [9.17, 15) is 22.8 Å². The van der Waals surface area contributed by atoms with Crippen LogP contribution in [-0.2, 0) is 4.79 Å². The van der Waals surface area contributed by atoms with Gasteiger partial charge >= 0.3 is 6.36 Å². The Labute approximate surface area is 245 Å². The summed E-state index contributed by atoms with van der Waals surface area (Å²) in [6.07, 6.45) is 0.793. The second-order valence-corrected chi connectivity index (χ2v) is 12.6. The molecule has 0 aromatic heterocycles. The SMILES string of the molecule is Cc1cc([N+]2(C3CCNC3)CCCC2C)ccc1N1CCC2(CCN(C(=O)c3ccc(OC(F)(F)F)cc3)CC2)C1=O. The molecule has 4 saturated heterocycles. The number of benzene rings is 2. The molecule has 4 aliphatic heterocycles. The van der Waals surface area contributed by atoms with Crippen LogP contribution in [0.2, 0.25) is 0 Å². The maximum absolute atomic E-state index is 13.9. The van der Waals surface area contributed by atoms with Gasteiger partial charge in [0.05, 0.1) is 18.0 Å². The number of amides is 2. The van der Waals surface area contributed by atoms with E-state index in [1.54, 1.807) is 4.90 Å². The number of hydrogen-bond donors (Lipinski definition) is 1. The molecule has 2 amide bonds. The van der Waals surface area contributed by atoms with Crippen LogP contribution in [0, 0.1) is 12.3 Å². The maximum Gasteiger partial charge on any atom is 0.573 e. The van der Waals surface area contributed by atoms with Crippen LogP contribution in [0.1, 0.15) is 61.4 Å². The Morgan fingerprint density at radius 3 is 2.36 bits per heavy atom. The Morgan fingerprint density at radius 2 is 1.76 bits per heavy atom. The lowest BCUT2D eigenvalue weighted by Gasteiger charge is -2.43. The minimum atomic E-state index is -4.78. The van der Waals surface area contributed by atoms with Gasteiger partial charge in [0.25, 0.3) is 5.91 Å². The predicted molar refractivity (Wildman–Crippen MR) is 155 cm³/mol. The molecule has 3 atom stereocenters. The van der Waals surface area contributed by atoms with E-state index in [1.165, 1.54) is 43.6 Å². The number of nitrogens with zero attached hydrogens (tertiary/aromatic N) is 3. The zero-order valence-electron chi connectivity index (χ0n) is 24.4. The molecular formula is C32H40F3N4O3+. The smallest absolute Gasteiger partial charge is 0.406 e. The molecule has 2 aromatic carbocycles. The predicted octanol–water partition coefficient (Wildman–Crippen LogP) is 5.40. The van der Waals surface area contributed by atoms with Crippen molar-refractivity contribution in [2.24, 2.45) is 5.41 Å². The van der Waals surface area contributed by atoms with Gasteiger partial charge < -0.3 is 19.9 Å². The van der Waals surface area contributed by atoms with Gasteiger partial charge in [-0.2, -0.15) is 0 Å². The van der Waals surface area contributed by atoms with Gasteiger partial charge in [-0.3, -0.25) is 14.1 Å². The number of likely N-dealkylation sites (tertiary alicyclic amines) is 2.